The predicted octanol–water partition coefficient (Wildman–Crippen LogP) is 15.1. The van der Waals surface area contributed by atoms with Crippen LogP contribution in [0.5, 0.6) is 0 Å². The van der Waals surface area contributed by atoms with E-state index in [0.29, 0.717) is 0 Å². The summed E-state index contributed by atoms with van der Waals surface area (Å²) < 4.78 is 57.2. The van der Waals surface area contributed by atoms with E-state index in [1.54, 1.807) is 0 Å². The van der Waals surface area contributed by atoms with Crippen LogP contribution in [0.2, 0.25) is 0 Å². The Morgan fingerprint density at radius 3 is 1.16 bits per heavy atom. The molecule has 0 spiro atoms. The third-order valence-electron chi connectivity index (χ3n) is 10.4. The van der Waals surface area contributed by atoms with Gasteiger partial charge >= 0.3 is 0 Å². The van der Waals surface area contributed by atoms with Gasteiger partial charge in [-0.25, -0.2) is 0 Å². The van der Waals surface area contributed by atoms with Gasteiger partial charge in [-0.15, -0.1) is 0 Å². The predicted molar refractivity (Wildman–Crippen MR) is 209 cm³/mol. The van der Waals surface area contributed by atoms with Gasteiger partial charge in [-0.05, 0) is 110 Å². The van der Waals surface area contributed by atoms with Crippen LogP contribution in [0.1, 0.15) is 224 Å². The lowest BCUT2D eigenvalue weighted by atomic mass is 9.53. The summed E-state index contributed by atoms with van der Waals surface area (Å²) in [6.07, 6.45) is 1.75. The summed E-state index contributed by atoms with van der Waals surface area (Å²) in [5, 5.41) is 0. The van der Waals surface area contributed by atoms with Gasteiger partial charge in [0.25, 0.3) is 0 Å². The number of para-hydroxylation sites is 1. The Kier molecular flexibility index (Phi) is 10.6. The fraction of sp³-hybridized carbons (Fsp3) is 0.864. The maximum atomic E-state index is 8.63. The standard InChI is InChI=1S/C20H35N.C13H26.C11H24/c1-14(2)16-12-11-13-17(15(3)4)18(16)21(19(5,6)7)20(8,9)10;1-11(2,3)13(12(4,5)6)9-7-8-10-13;1-9(2,3)11(7,8)10(4,5)6/h11-15H,1-10H3;7-10H2,1-6H3;1-8H3/i14D,15D;9D2;7D3. The molecule has 1 fully saturated rings. The quantitative estimate of drug-likeness (QED) is 0.320. The number of rotatable bonds is 3. The first-order chi connectivity index (χ1) is 22.2. The number of nitrogens with zero attached hydrogens (tertiary/aromatic N) is 1. The number of anilines is 1. The highest BCUT2D eigenvalue weighted by Crippen LogP contribution is 2.60. The zero-order chi connectivity index (χ0) is 42.6. The van der Waals surface area contributed by atoms with Crippen molar-refractivity contribution < 1.29 is 9.60 Å². The van der Waals surface area contributed by atoms with Crippen LogP contribution < -0.4 is 4.90 Å². The normalized spacial score (nSPS) is 20.8. The first-order valence-corrected chi connectivity index (χ1v) is 17.6. The van der Waals surface area contributed by atoms with E-state index in [2.05, 4.69) is 88.0 Å². The fourth-order valence-corrected chi connectivity index (χ4v) is 7.54. The zero-order valence-electron chi connectivity index (χ0n) is 41.8. The van der Waals surface area contributed by atoms with Crippen LogP contribution in [-0.2, 0) is 0 Å². The molecule has 1 aliphatic carbocycles. The van der Waals surface area contributed by atoms with Gasteiger partial charge in [-0.2, -0.15) is 0 Å². The van der Waals surface area contributed by atoms with Crippen molar-refractivity contribution in [3.8, 4) is 0 Å². The highest BCUT2D eigenvalue weighted by Gasteiger charge is 2.51. The van der Waals surface area contributed by atoms with E-state index in [4.69, 9.17) is 9.60 Å². The summed E-state index contributed by atoms with van der Waals surface area (Å²) in [5.41, 5.74) is 1.47. The average molecular weight is 635 g/mol. The maximum Gasteiger partial charge on any atom is 0.0445 e. The Morgan fingerprint density at radius 2 is 1.00 bits per heavy atom. The molecular weight excluding hydrogens is 542 g/mol. The number of benzene rings is 1. The molecule has 1 heteroatoms. The Hall–Kier alpha value is -0.980. The van der Waals surface area contributed by atoms with Gasteiger partial charge in [0.15, 0.2) is 0 Å². The Morgan fingerprint density at radius 1 is 0.644 bits per heavy atom. The van der Waals surface area contributed by atoms with Crippen molar-refractivity contribution >= 4 is 5.69 Å². The van der Waals surface area contributed by atoms with E-state index in [1.807, 2.05) is 94.4 Å². The van der Waals surface area contributed by atoms with Gasteiger partial charge in [0.1, 0.15) is 0 Å². The molecule has 0 N–H and O–H groups in total. The molecule has 45 heavy (non-hydrogen) atoms. The molecule has 1 nitrogen and oxygen atoms in total. The van der Waals surface area contributed by atoms with Crippen LogP contribution in [0, 0.1) is 32.5 Å². The maximum absolute atomic E-state index is 8.63. The summed E-state index contributed by atoms with van der Waals surface area (Å²) in [7, 11) is 0. The number of hydrogen-bond donors (Lipinski definition) is 0. The zero-order valence-corrected chi connectivity index (χ0v) is 34.8. The third kappa shape index (κ3) is 10.8. The van der Waals surface area contributed by atoms with Crippen LogP contribution in [0.15, 0.2) is 18.2 Å². The van der Waals surface area contributed by atoms with Crippen LogP contribution in [-0.4, -0.2) is 11.1 Å². The van der Waals surface area contributed by atoms with Crippen LogP contribution >= 0.6 is 0 Å². The highest BCUT2D eigenvalue weighted by molar-refractivity contribution is 5.64. The molecule has 1 saturated carbocycles. The second-order valence-electron chi connectivity index (χ2n) is 20.4. The molecule has 2 rings (SSSR count). The van der Waals surface area contributed by atoms with Crippen LogP contribution in [0.25, 0.3) is 0 Å². The lowest BCUT2D eigenvalue weighted by molar-refractivity contribution is -0.0253. The van der Waals surface area contributed by atoms with Gasteiger partial charge in [-0.1, -0.05) is 156 Å². The Bertz CT molecular complexity index is 1200. The van der Waals surface area contributed by atoms with Crippen molar-refractivity contribution in [3.05, 3.63) is 29.3 Å². The molecule has 0 atom stereocenters. The van der Waals surface area contributed by atoms with Crippen molar-refractivity contribution in [2.75, 3.05) is 4.90 Å². The van der Waals surface area contributed by atoms with E-state index in [1.165, 1.54) is 0 Å². The van der Waals surface area contributed by atoms with Crippen molar-refractivity contribution in [3.63, 3.8) is 0 Å². The molecule has 0 radical (unpaired) electrons. The third-order valence-corrected chi connectivity index (χ3v) is 10.4. The average Bonchev–Trinajstić information content (AvgIpc) is 3.15. The lowest BCUT2D eigenvalue weighted by Gasteiger charge is -2.52. The first-order valence-electron chi connectivity index (χ1n) is 21.1. The van der Waals surface area contributed by atoms with E-state index in [9.17, 15) is 0 Å². The van der Waals surface area contributed by atoms with Crippen molar-refractivity contribution in [1.82, 2.24) is 0 Å². The van der Waals surface area contributed by atoms with Crippen molar-refractivity contribution in [2.24, 2.45) is 32.5 Å². The molecule has 0 aromatic heterocycles. The first kappa shape index (κ1) is 32.6. The molecule has 1 aliphatic rings. The SMILES string of the molecule is [2H]C(C)(C)c1cccc(C([2H])(C)C)c1N(C(C)(C)C)C(C)(C)C.[2H]C([2H])([2H])C(C)(C(C)(C)C)C(C)(C)C.[2H]C1([2H])CCCC1(C(C)(C)C)C(C)(C)C. The van der Waals surface area contributed by atoms with E-state index in [-0.39, 0.29) is 38.2 Å². The summed E-state index contributed by atoms with van der Waals surface area (Å²) in [6, 6.07) is 6.08. The Labute approximate surface area is 296 Å². The van der Waals surface area contributed by atoms with Gasteiger partial charge in [0.2, 0.25) is 0 Å². The number of hydrogen-bond acceptors (Lipinski definition) is 1. The summed E-state index contributed by atoms with van der Waals surface area (Å²) in [5.74, 6) is -1.43. The molecule has 0 bridgehead atoms. The monoisotopic (exact) mass is 635 g/mol. The van der Waals surface area contributed by atoms with E-state index >= 15 is 0 Å². The molecule has 0 aliphatic heterocycles. The summed E-state index contributed by atoms with van der Waals surface area (Å²) in [4.78, 5) is 2.39. The van der Waals surface area contributed by atoms with Crippen molar-refractivity contribution in [2.45, 2.75) is 215 Å². The minimum atomic E-state index is -1.93. The van der Waals surface area contributed by atoms with Gasteiger partial charge < -0.3 is 4.90 Å². The van der Waals surface area contributed by atoms with Crippen molar-refractivity contribution in [1.29, 1.82) is 0 Å². The van der Waals surface area contributed by atoms with Gasteiger partial charge in [0.05, 0.1) is 0 Å². The molecule has 1 aromatic rings. The topological polar surface area (TPSA) is 3.24 Å². The summed E-state index contributed by atoms with van der Waals surface area (Å²) >= 11 is 0. The molecule has 266 valence electrons. The fourth-order valence-electron chi connectivity index (χ4n) is 7.54. The molecule has 1 aromatic carbocycles. The molecular formula is C44H85N. The molecule has 0 unspecified atom stereocenters. The van der Waals surface area contributed by atoms with Gasteiger partial charge in [-0.3, -0.25) is 0 Å². The second-order valence-corrected chi connectivity index (χ2v) is 20.4. The van der Waals surface area contributed by atoms with E-state index in [0.717, 1.165) is 36.1 Å². The molecule has 0 amide bonds. The highest BCUT2D eigenvalue weighted by atomic mass is 15.2. The van der Waals surface area contributed by atoms with Crippen LogP contribution in [0.3, 0.4) is 0 Å². The van der Waals surface area contributed by atoms with E-state index < -0.39 is 30.4 Å². The smallest absolute Gasteiger partial charge is 0.0445 e. The minimum absolute atomic E-state index is 0.0191. The lowest BCUT2D eigenvalue weighted by Crippen LogP contribution is -2.53. The molecule has 0 heterocycles. The van der Waals surface area contributed by atoms with Crippen LogP contribution in [0.4, 0.5) is 5.69 Å². The summed E-state index contributed by atoms with van der Waals surface area (Å²) in [6.45, 7) is 46.1. The Balaban J connectivity index is 0.000000786. The second kappa shape index (κ2) is 14.6. The largest absolute Gasteiger partial charge is 0.361 e. The van der Waals surface area contributed by atoms with Gasteiger partial charge in [0, 0.05) is 26.4 Å². The molecule has 0 saturated heterocycles. The minimum Gasteiger partial charge on any atom is -0.361 e.